The molecule has 1 heterocycles. The van der Waals surface area contributed by atoms with Crippen LogP contribution in [0.1, 0.15) is 11.1 Å². The third-order valence-electron chi connectivity index (χ3n) is 2.38. The Morgan fingerprint density at radius 1 is 1.33 bits per heavy atom. The molecule has 78 valence electrons. The van der Waals surface area contributed by atoms with E-state index in [-0.39, 0.29) is 0 Å². The van der Waals surface area contributed by atoms with E-state index in [9.17, 15) is 0 Å². The number of hydrazone groups is 1. The molecule has 3 nitrogen and oxygen atoms in total. The highest BCUT2D eigenvalue weighted by atomic mass is 15.4. The fraction of sp³-hybridized carbons (Fsp3) is 0.250. The van der Waals surface area contributed by atoms with Crippen LogP contribution in [0.4, 0.5) is 0 Å². The monoisotopic (exact) mass is 201 g/mol. The van der Waals surface area contributed by atoms with Gasteiger partial charge in [0.1, 0.15) is 0 Å². The van der Waals surface area contributed by atoms with Crippen LogP contribution in [0.15, 0.2) is 29.5 Å². The molecule has 0 radical (unpaired) electrons. The number of hydrogen-bond acceptors (Lipinski definition) is 2. The first kappa shape index (κ1) is 9.77. The molecular weight excluding hydrogens is 186 g/mol. The van der Waals surface area contributed by atoms with Gasteiger partial charge in [-0.1, -0.05) is 18.2 Å². The number of nitrogens with zero attached hydrogens (tertiary/aromatic N) is 2. The number of nitrogens with one attached hydrogen (secondary N) is 1. The number of para-hydroxylation sites is 1. The summed E-state index contributed by atoms with van der Waals surface area (Å²) in [7, 11) is 3.83. The maximum absolute atomic E-state index is 4.24. The Morgan fingerprint density at radius 2 is 2.13 bits per heavy atom. The van der Waals surface area contributed by atoms with Crippen LogP contribution < -0.4 is 0 Å². The Balaban J connectivity index is 2.50. The lowest BCUT2D eigenvalue weighted by molar-refractivity contribution is 0.440. The predicted octanol–water partition coefficient (Wildman–Crippen LogP) is 2.37. The highest BCUT2D eigenvalue weighted by molar-refractivity contribution is 5.99. The van der Waals surface area contributed by atoms with Crippen LogP contribution in [-0.4, -0.2) is 30.3 Å². The van der Waals surface area contributed by atoms with Gasteiger partial charge in [0.15, 0.2) is 0 Å². The van der Waals surface area contributed by atoms with Crippen LogP contribution in [0, 0.1) is 6.92 Å². The summed E-state index contributed by atoms with van der Waals surface area (Å²) in [4.78, 5) is 3.27. The Kier molecular flexibility index (Phi) is 2.46. The molecule has 3 heteroatoms. The van der Waals surface area contributed by atoms with Crippen LogP contribution in [0.3, 0.4) is 0 Å². The second kappa shape index (κ2) is 3.77. The number of aromatic nitrogens is 1. The minimum atomic E-state index is 1.13. The summed E-state index contributed by atoms with van der Waals surface area (Å²) in [6, 6.07) is 6.28. The maximum atomic E-state index is 4.24. The Bertz CT molecular complexity index is 495. The second-order valence-electron chi connectivity index (χ2n) is 3.83. The number of rotatable bonds is 2. The topological polar surface area (TPSA) is 31.4 Å². The van der Waals surface area contributed by atoms with Crippen molar-refractivity contribution in [2.24, 2.45) is 5.10 Å². The largest absolute Gasteiger partial charge is 0.360 e. The Morgan fingerprint density at radius 3 is 2.87 bits per heavy atom. The Labute approximate surface area is 89.4 Å². The molecule has 0 atom stereocenters. The van der Waals surface area contributed by atoms with E-state index in [1.54, 1.807) is 5.01 Å². The van der Waals surface area contributed by atoms with Crippen molar-refractivity contribution in [3.63, 3.8) is 0 Å². The first-order valence-electron chi connectivity index (χ1n) is 4.96. The standard InChI is InChI=1S/C12H15N3/c1-9-5-4-6-11-10(7-13-12(9)11)8-14-15(2)3/h4-8,13H,1-3H3/b14-8-. The predicted molar refractivity (Wildman–Crippen MR) is 64.3 cm³/mol. The van der Waals surface area contributed by atoms with Crippen LogP contribution >= 0.6 is 0 Å². The summed E-state index contributed by atoms with van der Waals surface area (Å²) in [6.45, 7) is 2.10. The van der Waals surface area contributed by atoms with Gasteiger partial charge in [0.2, 0.25) is 0 Å². The van der Waals surface area contributed by atoms with E-state index in [1.807, 2.05) is 26.5 Å². The second-order valence-corrected chi connectivity index (χ2v) is 3.83. The molecule has 0 aliphatic rings. The molecule has 2 aromatic rings. The number of aryl methyl sites for hydroxylation is 1. The van der Waals surface area contributed by atoms with Gasteiger partial charge in [-0.3, -0.25) is 0 Å². The van der Waals surface area contributed by atoms with Gasteiger partial charge >= 0.3 is 0 Å². The van der Waals surface area contributed by atoms with E-state index in [4.69, 9.17) is 0 Å². The lowest BCUT2D eigenvalue weighted by Crippen LogP contribution is -2.01. The SMILES string of the molecule is Cc1cccc2c(/C=N\N(C)C)c[nH]c12. The van der Waals surface area contributed by atoms with Crippen molar-refractivity contribution < 1.29 is 0 Å². The number of benzene rings is 1. The van der Waals surface area contributed by atoms with E-state index in [0.717, 1.165) is 5.56 Å². The highest BCUT2D eigenvalue weighted by Crippen LogP contribution is 2.19. The number of fused-ring (bicyclic) bond motifs is 1. The van der Waals surface area contributed by atoms with Crippen molar-refractivity contribution >= 4 is 17.1 Å². The maximum Gasteiger partial charge on any atom is 0.0564 e. The fourth-order valence-corrected chi connectivity index (χ4v) is 1.61. The van der Waals surface area contributed by atoms with E-state index < -0.39 is 0 Å². The number of aromatic amines is 1. The van der Waals surface area contributed by atoms with Crippen LogP contribution in [-0.2, 0) is 0 Å². The van der Waals surface area contributed by atoms with Crippen molar-refractivity contribution in [1.82, 2.24) is 9.99 Å². The molecule has 15 heavy (non-hydrogen) atoms. The van der Waals surface area contributed by atoms with Gasteiger partial charge in [-0.05, 0) is 12.5 Å². The molecule has 0 fully saturated rings. The molecule has 0 aliphatic heterocycles. The molecule has 0 bridgehead atoms. The molecule has 1 aromatic heterocycles. The molecular formula is C12H15N3. The average molecular weight is 201 g/mol. The lowest BCUT2D eigenvalue weighted by atomic mass is 10.1. The zero-order valence-corrected chi connectivity index (χ0v) is 9.28. The van der Waals surface area contributed by atoms with Crippen LogP contribution in [0.25, 0.3) is 10.9 Å². The van der Waals surface area contributed by atoms with Gasteiger partial charge in [-0.25, -0.2) is 0 Å². The molecule has 0 aliphatic carbocycles. The van der Waals surface area contributed by atoms with Gasteiger partial charge in [0.25, 0.3) is 0 Å². The molecule has 0 unspecified atom stereocenters. The first-order chi connectivity index (χ1) is 7.18. The van der Waals surface area contributed by atoms with Crippen molar-refractivity contribution in [3.05, 3.63) is 35.5 Å². The van der Waals surface area contributed by atoms with Crippen molar-refractivity contribution in [3.8, 4) is 0 Å². The summed E-state index contributed by atoms with van der Waals surface area (Å²) in [6.07, 6.45) is 3.86. The van der Waals surface area contributed by atoms with E-state index >= 15 is 0 Å². The molecule has 0 saturated heterocycles. The number of H-pyrrole nitrogens is 1. The summed E-state index contributed by atoms with van der Waals surface area (Å²) in [5, 5.41) is 7.24. The molecule has 0 amide bonds. The average Bonchev–Trinajstić information content (AvgIpc) is 2.59. The molecule has 1 N–H and O–H groups in total. The van der Waals surface area contributed by atoms with E-state index in [2.05, 4.69) is 35.2 Å². The van der Waals surface area contributed by atoms with Gasteiger partial charge in [0.05, 0.1) is 6.21 Å². The smallest absolute Gasteiger partial charge is 0.0564 e. The normalized spacial score (nSPS) is 11.4. The third kappa shape index (κ3) is 1.86. The fourth-order valence-electron chi connectivity index (χ4n) is 1.61. The summed E-state index contributed by atoms with van der Waals surface area (Å²) in [5.74, 6) is 0. The molecule has 0 spiro atoms. The summed E-state index contributed by atoms with van der Waals surface area (Å²) >= 11 is 0. The first-order valence-corrected chi connectivity index (χ1v) is 4.96. The molecule has 2 rings (SSSR count). The van der Waals surface area contributed by atoms with Crippen molar-refractivity contribution in [2.45, 2.75) is 6.92 Å². The van der Waals surface area contributed by atoms with Gasteiger partial charge in [-0.2, -0.15) is 5.10 Å². The summed E-state index contributed by atoms with van der Waals surface area (Å²) < 4.78 is 0. The molecule has 0 saturated carbocycles. The quantitative estimate of drug-likeness (QED) is 0.587. The zero-order chi connectivity index (χ0) is 10.8. The van der Waals surface area contributed by atoms with Gasteiger partial charge in [0, 0.05) is 36.8 Å². The van der Waals surface area contributed by atoms with Crippen LogP contribution in [0.5, 0.6) is 0 Å². The van der Waals surface area contributed by atoms with E-state index in [1.165, 1.54) is 16.5 Å². The lowest BCUT2D eigenvalue weighted by Gasteiger charge is -2.01. The third-order valence-corrected chi connectivity index (χ3v) is 2.38. The van der Waals surface area contributed by atoms with Gasteiger partial charge in [-0.15, -0.1) is 0 Å². The molecule has 1 aromatic carbocycles. The number of hydrogen-bond donors (Lipinski definition) is 1. The van der Waals surface area contributed by atoms with Crippen molar-refractivity contribution in [2.75, 3.05) is 14.1 Å². The zero-order valence-electron chi connectivity index (χ0n) is 9.28. The van der Waals surface area contributed by atoms with E-state index in [0.29, 0.717) is 0 Å². The highest BCUT2D eigenvalue weighted by Gasteiger charge is 2.02. The minimum absolute atomic E-state index is 1.13. The van der Waals surface area contributed by atoms with Gasteiger partial charge < -0.3 is 9.99 Å². The Hall–Kier alpha value is -1.77. The van der Waals surface area contributed by atoms with Crippen LogP contribution in [0.2, 0.25) is 0 Å². The minimum Gasteiger partial charge on any atom is -0.360 e. The summed E-state index contributed by atoms with van der Waals surface area (Å²) in [5.41, 5.74) is 3.58. The van der Waals surface area contributed by atoms with Crippen molar-refractivity contribution in [1.29, 1.82) is 0 Å².